The zero-order chi connectivity index (χ0) is 13.9. The largest absolute Gasteiger partial charge is 0.253 e. The van der Waals surface area contributed by atoms with Crippen molar-refractivity contribution in [2.45, 2.75) is 6.92 Å². The van der Waals surface area contributed by atoms with Crippen molar-refractivity contribution in [2.75, 3.05) is 0 Å². The van der Waals surface area contributed by atoms with Gasteiger partial charge in [-0.2, -0.15) is 0 Å². The van der Waals surface area contributed by atoms with E-state index in [1.54, 1.807) is 0 Å². The molecule has 2 aromatic carbocycles. The van der Waals surface area contributed by atoms with Crippen molar-refractivity contribution in [3.05, 3.63) is 77.4 Å². The molecule has 0 atom stereocenters. The highest BCUT2D eigenvalue weighted by Crippen LogP contribution is 2.26. The molecule has 0 fully saturated rings. The van der Waals surface area contributed by atoms with E-state index in [1.807, 2.05) is 49.4 Å². The fourth-order valence-corrected chi connectivity index (χ4v) is 2.36. The van der Waals surface area contributed by atoms with E-state index in [9.17, 15) is 0 Å². The lowest BCUT2D eigenvalue weighted by atomic mass is 10.0. The van der Waals surface area contributed by atoms with E-state index in [4.69, 9.17) is 11.6 Å². The Kier molecular flexibility index (Phi) is 3.53. The first-order chi connectivity index (χ1) is 9.72. The number of benzene rings is 2. The normalized spacial score (nSPS) is 10.5. The van der Waals surface area contributed by atoms with E-state index in [1.165, 1.54) is 0 Å². The van der Waals surface area contributed by atoms with Gasteiger partial charge in [0, 0.05) is 16.3 Å². The summed E-state index contributed by atoms with van der Waals surface area (Å²) in [6.45, 7) is 2.02. The maximum atomic E-state index is 5.95. The molecule has 0 saturated heterocycles. The number of rotatable bonds is 2. The van der Waals surface area contributed by atoms with Gasteiger partial charge in [0.2, 0.25) is 0 Å². The zero-order valence-corrected chi connectivity index (χ0v) is 11.9. The maximum absolute atomic E-state index is 5.95. The summed E-state index contributed by atoms with van der Waals surface area (Å²) in [6.07, 6.45) is 0. The van der Waals surface area contributed by atoms with E-state index in [-0.39, 0.29) is 0 Å². The highest BCUT2D eigenvalue weighted by atomic mass is 35.5. The first-order valence-corrected chi connectivity index (χ1v) is 6.90. The highest BCUT2D eigenvalue weighted by Gasteiger charge is 2.04. The summed E-state index contributed by atoms with van der Waals surface area (Å²) in [6, 6.07) is 22.3. The third-order valence-electron chi connectivity index (χ3n) is 3.20. The molecule has 0 saturated carbocycles. The predicted octanol–water partition coefficient (Wildman–Crippen LogP) is 5.38. The minimum atomic E-state index is 0.753. The van der Waals surface area contributed by atoms with Gasteiger partial charge in [0.1, 0.15) is 0 Å². The molecule has 0 spiro atoms. The lowest BCUT2D eigenvalue weighted by molar-refractivity contribution is 1.21. The Labute approximate surface area is 123 Å². The molecular formula is C18H14ClN. The summed E-state index contributed by atoms with van der Waals surface area (Å²) in [7, 11) is 0. The minimum Gasteiger partial charge on any atom is -0.253 e. The molecule has 2 heteroatoms. The van der Waals surface area contributed by atoms with Crippen LogP contribution in [0.2, 0.25) is 5.02 Å². The first kappa shape index (κ1) is 12.9. The second-order valence-corrected chi connectivity index (χ2v) is 5.19. The monoisotopic (exact) mass is 279 g/mol. The van der Waals surface area contributed by atoms with E-state index >= 15 is 0 Å². The molecule has 98 valence electrons. The number of pyridine rings is 1. The molecule has 0 N–H and O–H groups in total. The van der Waals surface area contributed by atoms with Crippen LogP contribution in [-0.2, 0) is 0 Å². The van der Waals surface area contributed by atoms with Crippen molar-refractivity contribution < 1.29 is 0 Å². The average molecular weight is 280 g/mol. The predicted molar refractivity (Wildman–Crippen MR) is 84.9 cm³/mol. The topological polar surface area (TPSA) is 12.9 Å². The number of hydrogen-bond acceptors (Lipinski definition) is 1. The van der Waals surface area contributed by atoms with Crippen LogP contribution in [0.3, 0.4) is 0 Å². The lowest BCUT2D eigenvalue weighted by Crippen LogP contribution is -1.89. The Morgan fingerprint density at radius 3 is 2.15 bits per heavy atom. The van der Waals surface area contributed by atoms with Gasteiger partial charge in [-0.1, -0.05) is 54.1 Å². The van der Waals surface area contributed by atoms with Crippen LogP contribution in [0, 0.1) is 6.92 Å². The van der Waals surface area contributed by atoms with Crippen LogP contribution in [0.4, 0.5) is 0 Å². The van der Waals surface area contributed by atoms with Crippen molar-refractivity contribution in [3.63, 3.8) is 0 Å². The number of hydrogen-bond donors (Lipinski definition) is 0. The Balaban J connectivity index is 2.09. The fraction of sp³-hybridized carbons (Fsp3) is 0.0556. The van der Waals surface area contributed by atoms with Crippen LogP contribution in [0.25, 0.3) is 22.4 Å². The second-order valence-electron chi connectivity index (χ2n) is 4.76. The highest BCUT2D eigenvalue weighted by molar-refractivity contribution is 6.30. The molecule has 3 aromatic rings. The van der Waals surface area contributed by atoms with Gasteiger partial charge < -0.3 is 0 Å². The Morgan fingerprint density at radius 1 is 0.750 bits per heavy atom. The van der Waals surface area contributed by atoms with Gasteiger partial charge in [-0.05, 0) is 42.3 Å². The molecule has 1 nitrogen and oxygen atoms in total. The van der Waals surface area contributed by atoms with Crippen LogP contribution in [-0.4, -0.2) is 4.98 Å². The van der Waals surface area contributed by atoms with Gasteiger partial charge in [-0.15, -0.1) is 0 Å². The fourth-order valence-electron chi connectivity index (χ4n) is 2.23. The van der Waals surface area contributed by atoms with E-state index < -0.39 is 0 Å². The molecular weight excluding hydrogens is 266 g/mol. The number of nitrogens with zero attached hydrogens (tertiary/aromatic N) is 1. The van der Waals surface area contributed by atoms with Gasteiger partial charge in [0.15, 0.2) is 0 Å². The molecule has 1 aromatic heterocycles. The summed E-state index contributed by atoms with van der Waals surface area (Å²) in [4.78, 5) is 4.62. The van der Waals surface area contributed by atoms with Gasteiger partial charge in [0.25, 0.3) is 0 Å². The zero-order valence-electron chi connectivity index (χ0n) is 11.2. The molecule has 0 aliphatic carbocycles. The van der Waals surface area contributed by atoms with Crippen LogP contribution in [0.15, 0.2) is 66.7 Å². The molecule has 0 unspecified atom stereocenters. The third kappa shape index (κ3) is 2.73. The molecule has 1 heterocycles. The molecule has 0 amide bonds. The van der Waals surface area contributed by atoms with Crippen LogP contribution >= 0.6 is 11.6 Å². The summed E-state index contributed by atoms with van der Waals surface area (Å²) in [5, 5.41) is 0.753. The summed E-state index contributed by atoms with van der Waals surface area (Å²) < 4.78 is 0. The van der Waals surface area contributed by atoms with E-state index in [0.717, 1.165) is 33.1 Å². The summed E-state index contributed by atoms with van der Waals surface area (Å²) in [5.41, 5.74) is 5.45. The number of aromatic nitrogens is 1. The van der Waals surface area contributed by atoms with Gasteiger partial charge in [-0.25, -0.2) is 0 Å². The molecule has 3 rings (SSSR count). The minimum absolute atomic E-state index is 0.753. The number of halogens is 1. The Hall–Kier alpha value is -2.12. The van der Waals surface area contributed by atoms with Crippen molar-refractivity contribution in [2.24, 2.45) is 0 Å². The van der Waals surface area contributed by atoms with Gasteiger partial charge in [0.05, 0.1) is 5.69 Å². The smallest absolute Gasteiger partial charge is 0.0711 e. The van der Waals surface area contributed by atoms with Gasteiger partial charge >= 0.3 is 0 Å². The third-order valence-corrected chi connectivity index (χ3v) is 3.45. The lowest BCUT2D eigenvalue weighted by Gasteiger charge is -2.07. The van der Waals surface area contributed by atoms with E-state index in [2.05, 4.69) is 29.2 Å². The maximum Gasteiger partial charge on any atom is 0.0711 e. The molecule has 0 radical (unpaired) electrons. The van der Waals surface area contributed by atoms with E-state index in [0.29, 0.717) is 0 Å². The number of aryl methyl sites for hydroxylation is 1. The average Bonchev–Trinajstić information content (AvgIpc) is 2.48. The van der Waals surface area contributed by atoms with Crippen LogP contribution < -0.4 is 0 Å². The van der Waals surface area contributed by atoms with Gasteiger partial charge in [-0.3, -0.25) is 4.98 Å². The molecule has 0 aliphatic heterocycles. The van der Waals surface area contributed by atoms with Crippen LogP contribution in [0.1, 0.15) is 5.69 Å². The Bertz CT molecular complexity index is 718. The SMILES string of the molecule is Cc1cc(-c2ccc(Cl)cc2)cc(-c2ccccc2)n1. The Morgan fingerprint density at radius 2 is 1.45 bits per heavy atom. The second kappa shape index (κ2) is 5.48. The molecule has 0 aliphatic rings. The van der Waals surface area contributed by atoms with Crippen molar-refractivity contribution in [1.82, 2.24) is 4.98 Å². The summed E-state index contributed by atoms with van der Waals surface area (Å²) in [5.74, 6) is 0. The quantitative estimate of drug-likeness (QED) is 0.614. The molecule has 20 heavy (non-hydrogen) atoms. The standard InChI is InChI=1S/C18H14ClN/c1-13-11-16(14-7-9-17(19)10-8-14)12-18(20-13)15-5-3-2-4-6-15/h2-12H,1H3. The van der Waals surface area contributed by atoms with Crippen LogP contribution in [0.5, 0.6) is 0 Å². The van der Waals surface area contributed by atoms with Crippen molar-refractivity contribution in [3.8, 4) is 22.4 Å². The first-order valence-electron chi connectivity index (χ1n) is 6.52. The van der Waals surface area contributed by atoms with Crippen molar-refractivity contribution >= 4 is 11.6 Å². The van der Waals surface area contributed by atoms with Crippen molar-refractivity contribution in [1.29, 1.82) is 0 Å². The molecule has 0 bridgehead atoms. The summed E-state index contributed by atoms with van der Waals surface area (Å²) >= 11 is 5.95.